The Labute approximate surface area is 302 Å². The van der Waals surface area contributed by atoms with E-state index >= 15 is 0 Å². The van der Waals surface area contributed by atoms with Gasteiger partial charge in [0, 0.05) is 61.6 Å². The minimum absolute atomic E-state index is 0.0181. The average molecular weight is 769 g/mol. The molecule has 2 heterocycles. The van der Waals surface area contributed by atoms with Crippen molar-refractivity contribution in [2.24, 2.45) is 0 Å². The predicted molar refractivity (Wildman–Crippen MR) is 180 cm³/mol. The first-order valence-corrected chi connectivity index (χ1v) is 15.9. The summed E-state index contributed by atoms with van der Waals surface area (Å²) in [5.74, 6) is -4.16. The van der Waals surface area contributed by atoms with Gasteiger partial charge in [0.25, 0.3) is 17.7 Å². The second-order valence-corrected chi connectivity index (χ2v) is 11.8. The average Bonchev–Trinajstić information content (AvgIpc) is 3.59. The van der Waals surface area contributed by atoms with Gasteiger partial charge in [0.15, 0.2) is 5.82 Å². The summed E-state index contributed by atoms with van der Waals surface area (Å²) in [6, 6.07) is 16.6. The number of carbonyl (C=O) groups is 4. The first-order chi connectivity index (χ1) is 24.9. The minimum Gasteiger partial charge on any atom is -0.475 e. The number of benzene rings is 3. The van der Waals surface area contributed by atoms with Crippen molar-refractivity contribution in [3.63, 3.8) is 0 Å². The minimum atomic E-state index is -5.08. The molecule has 1 saturated heterocycles. The molecule has 282 valence electrons. The smallest absolute Gasteiger partial charge is 0.475 e. The molecule has 12 nitrogen and oxygen atoms in total. The largest absolute Gasteiger partial charge is 0.490 e. The van der Waals surface area contributed by atoms with Gasteiger partial charge in [-0.2, -0.15) is 31.4 Å². The van der Waals surface area contributed by atoms with Crippen LogP contribution in [0.25, 0.3) is 5.69 Å². The van der Waals surface area contributed by atoms with Crippen molar-refractivity contribution in [2.45, 2.75) is 12.4 Å². The van der Waals surface area contributed by atoms with Gasteiger partial charge in [-0.1, -0.05) is 23.7 Å². The van der Waals surface area contributed by atoms with E-state index in [4.69, 9.17) is 26.2 Å². The van der Waals surface area contributed by atoms with Gasteiger partial charge in [-0.05, 0) is 54.6 Å². The van der Waals surface area contributed by atoms with Crippen LogP contribution in [0, 0.1) is 0 Å². The summed E-state index contributed by atoms with van der Waals surface area (Å²) in [5.41, 5.74) is 0.00961. The summed E-state index contributed by atoms with van der Waals surface area (Å²) in [7, 11) is 1.71. The lowest BCUT2D eigenvalue weighted by Crippen LogP contribution is -2.41. The fraction of sp³-hybridized carbons (Fsp3) is 0.265. The number of anilines is 2. The van der Waals surface area contributed by atoms with Gasteiger partial charge in [-0.3, -0.25) is 19.3 Å². The van der Waals surface area contributed by atoms with Crippen LogP contribution in [-0.2, 0) is 15.7 Å². The molecular weight excluding hydrogens is 738 g/mol. The number of hydrogen-bond acceptors (Lipinski definition) is 7. The molecular formula is C34H31ClF6N6O6. The number of hydrogen-bond donors (Lipinski definition) is 3. The Morgan fingerprint density at radius 2 is 1.55 bits per heavy atom. The van der Waals surface area contributed by atoms with E-state index in [9.17, 15) is 40.7 Å². The van der Waals surface area contributed by atoms with Gasteiger partial charge >= 0.3 is 18.3 Å². The third-order valence-corrected chi connectivity index (χ3v) is 7.79. The molecule has 0 aliphatic carbocycles. The third kappa shape index (κ3) is 11.5. The maximum Gasteiger partial charge on any atom is 0.490 e. The Hall–Kier alpha value is -5.46. The number of carboxylic acid groups (broad SMARTS) is 1. The molecule has 4 aromatic rings. The number of nitrogens with one attached hydrogen (secondary N) is 2. The van der Waals surface area contributed by atoms with Crippen LogP contribution in [0.3, 0.4) is 0 Å². The van der Waals surface area contributed by atoms with Crippen LogP contribution in [0.5, 0.6) is 0 Å². The van der Waals surface area contributed by atoms with Crippen molar-refractivity contribution in [1.82, 2.24) is 19.6 Å². The van der Waals surface area contributed by atoms with Crippen molar-refractivity contribution in [3.05, 3.63) is 106 Å². The number of nitrogens with zero attached hydrogens (tertiary/aromatic N) is 4. The van der Waals surface area contributed by atoms with E-state index in [1.807, 2.05) is 0 Å². The summed E-state index contributed by atoms with van der Waals surface area (Å²) >= 11 is 6.16. The maximum absolute atomic E-state index is 13.3. The zero-order valence-electron chi connectivity index (χ0n) is 27.7. The lowest BCUT2D eigenvalue weighted by Gasteiger charge is -2.28. The van der Waals surface area contributed by atoms with Crippen molar-refractivity contribution in [3.8, 4) is 5.69 Å². The first kappa shape index (κ1) is 40.3. The summed E-state index contributed by atoms with van der Waals surface area (Å²) in [5, 5.41) is 16.8. The van der Waals surface area contributed by atoms with Crippen molar-refractivity contribution in [1.29, 1.82) is 0 Å². The number of aromatic nitrogens is 2. The number of amides is 3. The monoisotopic (exact) mass is 768 g/mol. The molecule has 1 aromatic heterocycles. The molecule has 3 aromatic carbocycles. The molecule has 3 N–H and O–H groups in total. The van der Waals surface area contributed by atoms with Crippen LogP contribution >= 0.6 is 11.6 Å². The van der Waals surface area contributed by atoms with Gasteiger partial charge < -0.3 is 25.4 Å². The molecule has 1 fully saturated rings. The van der Waals surface area contributed by atoms with Gasteiger partial charge in [0.05, 0.1) is 35.7 Å². The second kappa shape index (κ2) is 17.4. The number of carboxylic acids is 1. The number of carbonyl (C=O) groups excluding carboxylic acids is 3. The highest BCUT2D eigenvalue weighted by Gasteiger charge is 2.38. The molecule has 0 bridgehead atoms. The van der Waals surface area contributed by atoms with Crippen LogP contribution in [0.2, 0.25) is 5.02 Å². The zero-order valence-corrected chi connectivity index (χ0v) is 28.4. The molecule has 3 amide bonds. The molecule has 1 aliphatic rings. The molecule has 5 rings (SSSR count). The lowest BCUT2D eigenvalue weighted by atomic mass is 10.1. The van der Waals surface area contributed by atoms with E-state index in [1.54, 1.807) is 30.1 Å². The summed E-state index contributed by atoms with van der Waals surface area (Å²) in [6.45, 7) is 4.17. The fourth-order valence-electron chi connectivity index (χ4n) is 4.78. The van der Waals surface area contributed by atoms with E-state index in [0.717, 1.165) is 25.2 Å². The lowest BCUT2D eigenvalue weighted by molar-refractivity contribution is -0.192. The standard InChI is InChI=1S/C32H30ClF3N6O4.C2HF3O2/c1-40(12-13-41-14-16-46-17-15-41)31(45)22-5-2-4-21(18-22)29(43)37-27-9-8-24(33)20-26(27)30(44)38-28-10-11-42(39-28)25-7-3-6-23(19-25)32(34,35)36;3-2(4,5)1(6)7/h2-11,18-20H,12-17H2,1H3,(H,37,43)(H,38,39,44);(H,6,7). The third-order valence-electron chi connectivity index (χ3n) is 7.56. The van der Waals surface area contributed by atoms with E-state index in [2.05, 4.69) is 20.6 Å². The SMILES string of the molecule is CN(CCN1CCOCC1)C(=O)c1cccc(C(=O)Nc2ccc(Cl)cc2C(=O)Nc2ccn(-c3cccc(C(F)(F)F)c3)n2)c1.O=C(O)C(F)(F)F. The Morgan fingerprint density at radius 3 is 2.21 bits per heavy atom. The number of halogens is 7. The van der Waals surface area contributed by atoms with Gasteiger partial charge in [-0.25, -0.2) is 9.48 Å². The number of morpholine rings is 1. The summed E-state index contributed by atoms with van der Waals surface area (Å²) < 4.78 is 77.7. The highest BCUT2D eigenvalue weighted by atomic mass is 35.5. The van der Waals surface area contributed by atoms with Crippen LogP contribution in [0.1, 0.15) is 36.6 Å². The zero-order chi connectivity index (χ0) is 38.9. The van der Waals surface area contributed by atoms with Crippen LogP contribution < -0.4 is 10.6 Å². The van der Waals surface area contributed by atoms with Crippen molar-refractivity contribution in [2.75, 3.05) is 57.1 Å². The Balaban J connectivity index is 0.000000815. The van der Waals surface area contributed by atoms with Crippen LogP contribution in [0.15, 0.2) is 79.0 Å². The molecule has 0 saturated carbocycles. The van der Waals surface area contributed by atoms with Crippen LogP contribution in [-0.4, -0.2) is 101 Å². The van der Waals surface area contributed by atoms with Gasteiger partial charge in [-0.15, -0.1) is 0 Å². The maximum atomic E-state index is 13.3. The summed E-state index contributed by atoms with van der Waals surface area (Å²) in [4.78, 5) is 52.3. The van der Waals surface area contributed by atoms with E-state index in [-0.39, 0.29) is 39.2 Å². The highest BCUT2D eigenvalue weighted by molar-refractivity contribution is 6.31. The molecule has 1 aliphatic heterocycles. The number of alkyl halides is 6. The highest BCUT2D eigenvalue weighted by Crippen LogP contribution is 2.30. The van der Waals surface area contributed by atoms with E-state index in [1.165, 1.54) is 53.3 Å². The van der Waals surface area contributed by atoms with Gasteiger partial charge in [0.1, 0.15) is 0 Å². The number of ether oxygens (including phenoxy) is 1. The quantitative estimate of drug-likeness (QED) is 0.174. The predicted octanol–water partition coefficient (Wildman–Crippen LogP) is 6.09. The Kier molecular flexibility index (Phi) is 13.2. The number of likely N-dealkylation sites (N-methyl/N-ethyl adjacent to an activating group) is 1. The topological polar surface area (TPSA) is 146 Å². The molecule has 0 spiro atoms. The molecule has 0 unspecified atom stereocenters. The second-order valence-electron chi connectivity index (χ2n) is 11.4. The van der Waals surface area contributed by atoms with Crippen molar-refractivity contribution >= 4 is 46.8 Å². The normalized spacial score (nSPS) is 13.4. The summed E-state index contributed by atoms with van der Waals surface area (Å²) in [6.07, 6.45) is -8.20. The van der Waals surface area contributed by atoms with Crippen molar-refractivity contribution < 1.29 is 55.4 Å². The fourth-order valence-corrected chi connectivity index (χ4v) is 4.95. The molecule has 19 heteroatoms. The Bertz CT molecular complexity index is 1950. The van der Waals surface area contributed by atoms with E-state index < -0.39 is 35.7 Å². The molecule has 53 heavy (non-hydrogen) atoms. The molecule has 0 radical (unpaired) electrons. The van der Waals surface area contributed by atoms with Gasteiger partial charge in [0.2, 0.25) is 0 Å². The van der Waals surface area contributed by atoms with E-state index in [0.29, 0.717) is 31.9 Å². The van der Waals surface area contributed by atoms with Crippen LogP contribution in [0.4, 0.5) is 37.8 Å². The number of rotatable bonds is 9. The first-order valence-electron chi connectivity index (χ1n) is 15.5. The number of aliphatic carboxylic acids is 1. The molecule has 0 atom stereocenters. The Morgan fingerprint density at radius 1 is 0.887 bits per heavy atom.